The highest BCUT2D eigenvalue weighted by Crippen LogP contribution is 2.26. The molecule has 0 spiro atoms. The average molecular weight is 411 g/mol. The van der Waals surface area contributed by atoms with E-state index in [1.165, 1.54) is 0 Å². The molecule has 1 atom stereocenters. The Labute approximate surface area is 177 Å². The van der Waals surface area contributed by atoms with Crippen molar-refractivity contribution in [2.75, 3.05) is 20.2 Å². The maximum absolute atomic E-state index is 12.6. The molecule has 1 aliphatic heterocycles. The van der Waals surface area contributed by atoms with E-state index in [2.05, 4.69) is 15.3 Å². The van der Waals surface area contributed by atoms with Crippen LogP contribution in [0.15, 0.2) is 30.5 Å². The standard InChI is InChI=1S/C23H30N4O3/c1-15(2)23(29)27-10-6-8-18(14-27)21-24-13-20(16(3)26-21)22(28)25-12-17-7-5-9-19(11-17)30-4/h5,7,9,11,13,15,18H,6,8,10,12,14H2,1-4H3,(H,25,28). The maximum Gasteiger partial charge on any atom is 0.254 e. The number of aromatic nitrogens is 2. The molecule has 160 valence electrons. The summed E-state index contributed by atoms with van der Waals surface area (Å²) in [7, 11) is 1.62. The first kappa shape index (κ1) is 21.7. The fraction of sp³-hybridized carbons (Fsp3) is 0.478. The quantitative estimate of drug-likeness (QED) is 0.791. The summed E-state index contributed by atoms with van der Waals surface area (Å²) in [5.74, 6) is 1.52. The average Bonchev–Trinajstić information content (AvgIpc) is 2.77. The first-order valence-corrected chi connectivity index (χ1v) is 10.4. The number of hydrogen-bond acceptors (Lipinski definition) is 5. The molecule has 2 heterocycles. The maximum atomic E-state index is 12.6. The zero-order valence-electron chi connectivity index (χ0n) is 18.1. The third-order valence-corrected chi connectivity index (χ3v) is 5.42. The predicted molar refractivity (Wildman–Crippen MR) is 114 cm³/mol. The third-order valence-electron chi connectivity index (χ3n) is 5.42. The molecule has 0 radical (unpaired) electrons. The molecule has 7 heteroatoms. The molecule has 1 saturated heterocycles. The molecule has 0 saturated carbocycles. The molecular weight excluding hydrogens is 380 g/mol. The largest absolute Gasteiger partial charge is 0.497 e. The van der Waals surface area contributed by atoms with Crippen molar-refractivity contribution in [1.29, 1.82) is 0 Å². The lowest BCUT2D eigenvalue weighted by Crippen LogP contribution is -2.41. The number of amides is 2. The second-order valence-electron chi connectivity index (χ2n) is 8.04. The number of carbonyl (C=O) groups excluding carboxylic acids is 2. The summed E-state index contributed by atoms with van der Waals surface area (Å²) in [5.41, 5.74) is 2.07. The van der Waals surface area contributed by atoms with Gasteiger partial charge in [-0.2, -0.15) is 0 Å². The van der Waals surface area contributed by atoms with Gasteiger partial charge in [0.15, 0.2) is 0 Å². The lowest BCUT2D eigenvalue weighted by atomic mass is 9.96. The van der Waals surface area contributed by atoms with E-state index >= 15 is 0 Å². The Morgan fingerprint density at radius 1 is 1.33 bits per heavy atom. The topological polar surface area (TPSA) is 84.4 Å². The molecule has 30 heavy (non-hydrogen) atoms. The number of likely N-dealkylation sites (tertiary alicyclic amines) is 1. The summed E-state index contributed by atoms with van der Waals surface area (Å²) < 4.78 is 5.21. The van der Waals surface area contributed by atoms with Gasteiger partial charge in [0.1, 0.15) is 11.6 Å². The summed E-state index contributed by atoms with van der Waals surface area (Å²) in [5, 5.41) is 2.91. The number of rotatable bonds is 6. The number of nitrogens with one attached hydrogen (secondary N) is 1. The fourth-order valence-electron chi connectivity index (χ4n) is 3.72. The second-order valence-corrected chi connectivity index (χ2v) is 8.04. The molecule has 0 bridgehead atoms. The number of methoxy groups -OCH3 is 1. The Balaban J connectivity index is 1.65. The van der Waals surface area contributed by atoms with Crippen molar-refractivity contribution in [3.63, 3.8) is 0 Å². The van der Waals surface area contributed by atoms with Crippen LogP contribution in [0, 0.1) is 12.8 Å². The number of hydrogen-bond donors (Lipinski definition) is 1. The molecule has 1 aromatic heterocycles. The van der Waals surface area contributed by atoms with Crippen LogP contribution >= 0.6 is 0 Å². The van der Waals surface area contributed by atoms with Gasteiger partial charge in [-0.15, -0.1) is 0 Å². The third kappa shape index (κ3) is 5.14. The van der Waals surface area contributed by atoms with Crippen molar-refractivity contribution in [2.45, 2.75) is 46.1 Å². The van der Waals surface area contributed by atoms with Gasteiger partial charge >= 0.3 is 0 Å². The van der Waals surface area contributed by atoms with Crippen LogP contribution in [0.3, 0.4) is 0 Å². The molecule has 1 aliphatic rings. The van der Waals surface area contributed by atoms with Crippen LogP contribution in [-0.4, -0.2) is 46.9 Å². The molecule has 1 N–H and O–H groups in total. The van der Waals surface area contributed by atoms with E-state index in [-0.39, 0.29) is 23.7 Å². The van der Waals surface area contributed by atoms with Gasteiger partial charge in [0.05, 0.1) is 18.4 Å². The Kier molecular flexibility index (Phi) is 7.03. The van der Waals surface area contributed by atoms with Gasteiger partial charge in [-0.3, -0.25) is 9.59 Å². The summed E-state index contributed by atoms with van der Waals surface area (Å²) in [4.78, 5) is 36.0. The molecule has 7 nitrogen and oxygen atoms in total. The van der Waals surface area contributed by atoms with Crippen LogP contribution in [0.25, 0.3) is 0 Å². The summed E-state index contributed by atoms with van der Waals surface area (Å²) >= 11 is 0. The van der Waals surface area contributed by atoms with E-state index in [0.717, 1.165) is 30.7 Å². The van der Waals surface area contributed by atoms with Gasteiger partial charge in [0.25, 0.3) is 5.91 Å². The first-order chi connectivity index (χ1) is 14.4. The van der Waals surface area contributed by atoms with Crippen LogP contribution in [0.1, 0.15) is 60.0 Å². The number of benzene rings is 1. The molecule has 1 fully saturated rings. The van der Waals surface area contributed by atoms with Gasteiger partial charge in [-0.25, -0.2) is 9.97 Å². The van der Waals surface area contributed by atoms with E-state index in [9.17, 15) is 9.59 Å². The van der Waals surface area contributed by atoms with E-state index in [1.54, 1.807) is 13.3 Å². The van der Waals surface area contributed by atoms with Crippen LogP contribution in [0.5, 0.6) is 5.75 Å². The molecule has 1 unspecified atom stereocenters. The Morgan fingerprint density at radius 2 is 2.13 bits per heavy atom. The predicted octanol–water partition coefficient (Wildman–Crippen LogP) is 3.09. The second kappa shape index (κ2) is 9.69. The molecular formula is C23H30N4O3. The van der Waals surface area contributed by atoms with Crippen molar-refractivity contribution in [2.24, 2.45) is 5.92 Å². The Hall–Kier alpha value is -2.96. The number of ether oxygens (including phenoxy) is 1. The highest BCUT2D eigenvalue weighted by atomic mass is 16.5. The number of aryl methyl sites for hydroxylation is 1. The zero-order valence-corrected chi connectivity index (χ0v) is 18.1. The highest BCUT2D eigenvalue weighted by molar-refractivity contribution is 5.94. The molecule has 2 aromatic rings. The van der Waals surface area contributed by atoms with Gasteiger partial charge in [0.2, 0.25) is 5.91 Å². The Bertz CT molecular complexity index is 913. The Morgan fingerprint density at radius 3 is 2.83 bits per heavy atom. The SMILES string of the molecule is COc1cccc(CNC(=O)c2cnc(C3CCCN(C(=O)C(C)C)C3)nc2C)c1. The van der Waals surface area contributed by atoms with Crippen molar-refractivity contribution >= 4 is 11.8 Å². The van der Waals surface area contributed by atoms with Crippen LogP contribution < -0.4 is 10.1 Å². The number of carbonyl (C=O) groups is 2. The lowest BCUT2D eigenvalue weighted by Gasteiger charge is -2.33. The summed E-state index contributed by atoms with van der Waals surface area (Å²) in [6.45, 7) is 7.49. The van der Waals surface area contributed by atoms with Gasteiger partial charge < -0.3 is 15.0 Å². The molecule has 3 rings (SSSR count). The van der Waals surface area contributed by atoms with Crippen molar-refractivity contribution in [3.8, 4) is 5.75 Å². The number of nitrogens with zero attached hydrogens (tertiary/aromatic N) is 3. The smallest absolute Gasteiger partial charge is 0.254 e. The molecule has 2 amide bonds. The van der Waals surface area contributed by atoms with Gasteiger partial charge in [-0.1, -0.05) is 26.0 Å². The first-order valence-electron chi connectivity index (χ1n) is 10.4. The molecule has 1 aromatic carbocycles. The van der Waals surface area contributed by atoms with E-state index in [1.807, 2.05) is 49.9 Å². The monoisotopic (exact) mass is 410 g/mol. The normalized spacial score (nSPS) is 16.4. The minimum atomic E-state index is -0.206. The van der Waals surface area contributed by atoms with Crippen molar-refractivity contribution < 1.29 is 14.3 Å². The minimum Gasteiger partial charge on any atom is -0.497 e. The van der Waals surface area contributed by atoms with Crippen LogP contribution in [0.4, 0.5) is 0 Å². The van der Waals surface area contributed by atoms with Gasteiger partial charge in [-0.05, 0) is 37.5 Å². The van der Waals surface area contributed by atoms with Crippen LogP contribution in [0.2, 0.25) is 0 Å². The van der Waals surface area contributed by atoms with Crippen molar-refractivity contribution in [3.05, 3.63) is 53.1 Å². The van der Waals surface area contributed by atoms with E-state index in [4.69, 9.17) is 4.74 Å². The van der Waals surface area contributed by atoms with Gasteiger partial charge in [0, 0.05) is 37.7 Å². The minimum absolute atomic E-state index is 0.0120. The number of piperidine rings is 1. The summed E-state index contributed by atoms with van der Waals surface area (Å²) in [6, 6.07) is 7.58. The fourth-order valence-corrected chi connectivity index (χ4v) is 3.72. The molecule has 0 aliphatic carbocycles. The zero-order chi connectivity index (χ0) is 21.7. The highest BCUT2D eigenvalue weighted by Gasteiger charge is 2.28. The summed E-state index contributed by atoms with van der Waals surface area (Å²) in [6.07, 6.45) is 3.48. The van der Waals surface area contributed by atoms with E-state index < -0.39 is 0 Å². The van der Waals surface area contributed by atoms with Crippen molar-refractivity contribution in [1.82, 2.24) is 20.2 Å². The van der Waals surface area contributed by atoms with Crippen LogP contribution in [-0.2, 0) is 11.3 Å². The lowest BCUT2D eigenvalue weighted by molar-refractivity contribution is -0.135. The van der Waals surface area contributed by atoms with E-state index in [0.29, 0.717) is 30.2 Å².